The first kappa shape index (κ1) is 10.5. The van der Waals surface area contributed by atoms with Crippen LogP contribution in [0.4, 0.5) is 0 Å². The topological polar surface area (TPSA) is 20.2 Å². The lowest BCUT2D eigenvalue weighted by molar-refractivity contribution is 0.0193. The van der Waals surface area contributed by atoms with E-state index in [0.29, 0.717) is 17.4 Å². The predicted molar refractivity (Wildman–Crippen MR) is 59.1 cm³/mol. The van der Waals surface area contributed by atoms with Crippen molar-refractivity contribution in [3.63, 3.8) is 0 Å². The zero-order valence-electron chi connectivity index (χ0n) is 9.90. The number of hydrogen-bond donors (Lipinski definition) is 1. The molecule has 0 aliphatic heterocycles. The molecule has 0 radical (unpaired) electrons. The number of aliphatic hydroxyl groups excluding tert-OH is 1. The third-order valence-electron chi connectivity index (χ3n) is 5.30. The van der Waals surface area contributed by atoms with Crippen molar-refractivity contribution in [3.05, 3.63) is 0 Å². The van der Waals surface area contributed by atoms with E-state index in [0.717, 1.165) is 0 Å². The van der Waals surface area contributed by atoms with Gasteiger partial charge in [0.2, 0.25) is 0 Å². The molecular formula is C13H24O. The Morgan fingerprint density at radius 1 is 1.00 bits per heavy atom. The molecule has 2 fully saturated rings. The van der Waals surface area contributed by atoms with Gasteiger partial charge < -0.3 is 5.11 Å². The summed E-state index contributed by atoms with van der Waals surface area (Å²) in [5.74, 6) is 0. The van der Waals surface area contributed by atoms with Crippen LogP contribution in [0, 0.1) is 16.2 Å². The number of aliphatic hydroxyl groups is 1. The summed E-state index contributed by atoms with van der Waals surface area (Å²) < 4.78 is 0. The smallest absolute Gasteiger partial charge is 0.0497 e. The van der Waals surface area contributed by atoms with Gasteiger partial charge in [-0.15, -0.1) is 0 Å². The van der Waals surface area contributed by atoms with Crippen molar-refractivity contribution in [2.24, 2.45) is 16.2 Å². The molecule has 0 bridgehead atoms. The maximum atomic E-state index is 9.71. The van der Waals surface area contributed by atoms with Crippen LogP contribution < -0.4 is 0 Å². The van der Waals surface area contributed by atoms with E-state index in [1.165, 1.54) is 38.5 Å². The summed E-state index contributed by atoms with van der Waals surface area (Å²) in [6.07, 6.45) is 8.03. The monoisotopic (exact) mass is 196 g/mol. The normalized spacial score (nSPS) is 39.4. The summed E-state index contributed by atoms with van der Waals surface area (Å²) in [6.45, 7) is 7.46. The molecule has 2 aliphatic rings. The summed E-state index contributed by atoms with van der Waals surface area (Å²) in [6, 6.07) is 0. The number of hydrogen-bond acceptors (Lipinski definition) is 1. The maximum Gasteiger partial charge on any atom is 0.0497 e. The van der Waals surface area contributed by atoms with Gasteiger partial charge in [0.1, 0.15) is 0 Å². The lowest BCUT2D eigenvalue weighted by Gasteiger charge is -2.43. The molecule has 0 saturated heterocycles. The number of rotatable bonds is 2. The van der Waals surface area contributed by atoms with Crippen LogP contribution in [0.1, 0.15) is 59.3 Å². The van der Waals surface area contributed by atoms with Crippen molar-refractivity contribution in [3.8, 4) is 0 Å². The predicted octanol–water partition coefficient (Wildman–Crippen LogP) is 3.37. The van der Waals surface area contributed by atoms with Crippen molar-refractivity contribution in [1.82, 2.24) is 0 Å². The average Bonchev–Trinajstić information content (AvgIpc) is 2.72. The zero-order valence-corrected chi connectivity index (χ0v) is 9.90. The first-order valence-electron chi connectivity index (χ1n) is 6.08. The zero-order chi connectivity index (χ0) is 10.4. The van der Waals surface area contributed by atoms with Gasteiger partial charge in [0.05, 0.1) is 0 Å². The van der Waals surface area contributed by atoms with E-state index in [1.807, 2.05) is 0 Å². The van der Waals surface area contributed by atoms with Crippen LogP contribution >= 0.6 is 0 Å². The first-order valence-corrected chi connectivity index (χ1v) is 6.08. The van der Waals surface area contributed by atoms with Crippen molar-refractivity contribution < 1.29 is 5.11 Å². The molecule has 0 heterocycles. The third-order valence-corrected chi connectivity index (χ3v) is 5.30. The highest BCUT2D eigenvalue weighted by Gasteiger charge is 2.68. The van der Waals surface area contributed by atoms with Crippen LogP contribution in [0.3, 0.4) is 0 Å². The standard InChI is InChI=1S/C13H24O/c1-11(2)9-13(11,10-14)12(3)7-5-4-6-8-12/h14H,4-10H2,1-3H3. The Labute approximate surface area is 87.9 Å². The van der Waals surface area contributed by atoms with Crippen LogP contribution in [0.2, 0.25) is 0 Å². The van der Waals surface area contributed by atoms with Crippen molar-refractivity contribution >= 4 is 0 Å². The second-order valence-electron chi connectivity index (χ2n) is 6.42. The van der Waals surface area contributed by atoms with Crippen LogP contribution in [0.5, 0.6) is 0 Å². The van der Waals surface area contributed by atoms with Gasteiger partial charge in [0.15, 0.2) is 0 Å². The maximum absolute atomic E-state index is 9.71. The van der Waals surface area contributed by atoms with E-state index < -0.39 is 0 Å². The second-order valence-corrected chi connectivity index (χ2v) is 6.42. The fraction of sp³-hybridized carbons (Fsp3) is 1.00. The van der Waals surface area contributed by atoms with Gasteiger partial charge in [0, 0.05) is 12.0 Å². The lowest BCUT2D eigenvalue weighted by Crippen LogP contribution is -2.37. The van der Waals surface area contributed by atoms with Crippen LogP contribution in [0.15, 0.2) is 0 Å². The van der Waals surface area contributed by atoms with E-state index in [4.69, 9.17) is 0 Å². The molecular weight excluding hydrogens is 172 g/mol. The quantitative estimate of drug-likeness (QED) is 0.718. The van der Waals surface area contributed by atoms with E-state index >= 15 is 0 Å². The Hall–Kier alpha value is -0.0400. The third kappa shape index (κ3) is 1.18. The van der Waals surface area contributed by atoms with Gasteiger partial charge in [-0.2, -0.15) is 0 Å². The molecule has 0 spiro atoms. The van der Waals surface area contributed by atoms with Gasteiger partial charge in [-0.05, 0) is 30.1 Å². The fourth-order valence-corrected chi connectivity index (χ4v) is 4.01. The molecule has 0 aromatic rings. The van der Waals surface area contributed by atoms with Crippen molar-refractivity contribution in [2.75, 3.05) is 6.61 Å². The summed E-state index contributed by atoms with van der Waals surface area (Å²) in [5, 5.41) is 9.71. The van der Waals surface area contributed by atoms with Crippen molar-refractivity contribution in [1.29, 1.82) is 0 Å². The molecule has 2 aliphatic carbocycles. The Kier molecular flexibility index (Phi) is 2.23. The van der Waals surface area contributed by atoms with E-state index in [2.05, 4.69) is 20.8 Å². The van der Waals surface area contributed by atoms with Gasteiger partial charge in [-0.1, -0.05) is 40.0 Å². The average molecular weight is 196 g/mol. The summed E-state index contributed by atoms with van der Waals surface area (Å²) >= 11 is 0. The van der Waals surface area contributed by atoms with Crippen LogP contribution in [-0.2, 0) is 0 Å². The Morgan fingerprint density at radius 2 is 1.50 bits per heavy atom. The molecule has 0 amide bonds. The Bertz CT molecular complexity index is 225. The molecule has 1 unspecified atom stereocenters. The second kappa shape index (κ2) is 2.98. The Balaban J connectivity index is 2.20. The molecule has 2 saturated carbocycles. The molecule has 2 rings (SSSR count). The fourth-order valence-electron chi connectivity index (χ4n) is 4.01. The minimum absolute atomic E-state index is 0.250. The summed E-state index contributed by atoms with van der Waals surface area (Å²) in [7, 11) is 0. The molecule has 0 aromatic carbocycles. The Morgan fingerprint density at radius 3 is 1.86 bits per heavy atom. The molecule has 1 heteroatoms. The first-order chi connectivity index (χ1) is 6.47. The lowest BCUT2D eigenvalue weighted by atomic mass is 9.63. The van der Waals surface area contributed by atoms with Gasteiger partial charge in [0.25, 0.3) is 0 Å². The highest BCUT2D eigenvalue weighted by molar-refractivity contribution is 5.17. The summed E-state index contributed by atoms with van der Waals surface area (Å²) in [5.41, 5.74) is 1.05. The van der Waals surface area contributed by atoms with Crippen molar-refractivity contribution in [2.45, 2.75) is 59.3 Å². The highest BCUT2D eigenvalue weighted by Crippen LogP contribution is 2.74. The SMILES string of the molecule is CC1(C)CC1(CO)C1(C)CCCCC1. The largest absolute Gasteiger partial charge is 0.396 e. The molecule has 1 nitrogen and oxygen atoms in total. The van der Waals surface area contributed by atoms with Crippen LogP contribution in [-0.4, -0.2) is 11.7 Å². The molecule has 0 aromatic heterocycles. The van der Waals surface area contributed by atoms with Crippen LogP contribution in [0.25, 0.3) is 0 Å². The van der Waals surface area contributed by atoms with Gasteiger partial charge in [-0.25, -0.2) is 0 Å². The minimum atomic E-state index is 0.250. The highest BCUT2D eigenvalue weighted by atomic mass is 16.3. The van der Waals surface area contributed by atoms with E-state index in [9.17, 15) is 5.11 Å². The molecule has 1 N–H and O–H groups in total. The molecule has 14 heavy (non-hydrogen) atoms. The molecule has 1 atom stereocenters. The summed E-state index contributed by atoms with van der Waals surface area (Å²) in [4.78, 5) is 0. The van der Waals surface area contributed by atoms with Gasteiger partial charge in [-0.3, -0.25) is 0 Å². The molecule has 82 valence electrons. The van der Waals surface area contributed by atoms with E-state index in [-0.39, 0.29) is 5.41 Å². The minimum Gasteiger partial charge on any atom is -0.396 e. The van der Waals surface area contributed by atoms with Gasteiger partial charge >= 0.3 is 0 Å². The van der Waals surface area contributed by atoms with E-state index in [1.54, 1.807) is 0 Å².